The van der Waals surface area contributed by atoms with Gasteiger partial charge in [-0.2, -0.15) is 14.6 Å². The lowest BCUT2D eigenvalue weighted by Gasteiger charge is -2.20. The standard InChI is InChI=1S/C30H31F2N5O4/c1-29(2)25(34-35-27(29)38)19-11-12-20(23(32)22(19)31)41-16-7-6-15-37-28(39)30(3,4)26(36-37)18-10-13-21(40-5)24-17(18)9-8-14-33-24/h8-14H,6-7,15-16H2,1-5H3,(H,35,38). The number of hydrogen-bond acceptors (Lipinski definition) is 7. The van der Waals surface area contributed by atoms with Gasteiger partial charge in [-0.3, -0.25) is 14.6 Å². The maximum Gasteiger partial charge on any atom is 0.254 e. The molecule has 9 nitrogen and oxygen atoms in total. The van der Waals surface area contributed by atoms with E-state index in [0.29, 0.717) is 36.4 Å². The first-order valence-corrected chi connectivity index (χ1v) is 13.3. The molecule has 11 heteroatoms. The molecule has 41 heavy (non-hydrogen) atoms. The number of hydrogen-bond donors (Lipinski definition) is 1. The molecule has 0 saturated heterocycles. The summed E-state index contributed by atoms with van der Waals surface area (Å²) >= 11 is 0. The van der Waals surface area contributed by atoms with Gasteiger partial charge in [0.2, 0.25) is 5.82 Å². The van der Waals surface area contributed by atoms with Crippen LogP contribution in [0.25, 0.3) is 10.9 Å². The topological polar surface area (TPSA) is 105 Å². The molecule has 3 heterocycles. The molecule has 0 unspecified atom stereocenters. The van der Waals surface area contributed by atoms with E-state index in [2.05, 4.69) is 20.6 Å². The van der Waals surface area contributed by atoms with E-state index < -0.39 is 28.4 Å². The van der Waals surface area contributed by atoms with E-state index in [4.69, 9.17) is 9.47 Å². The first-order valence-electron chi connectivity index (χ1n) is 13.3. The number of nitrogens with one attached hydrogen (secondary N) is 1. The Morgan fingerprint density at radius 3 is 2.34 bits per heavy atom. The van der Waals surface area contributed by atoms with E-state index in [1.807, 2.05) is 38.1 Å². The molecule has 5 rings (SSSR count). The van der Waals surface area contributed by atoms with Crippen molar-refractivity contribution in [2.24, 2.45) is 21.0 Å². The molecule has 0 spiro atoms. The predicted molar refractivity (Wildman–Crippen MR) is 150 cm³/mol. The lowest BCUT2D eigenvalue weighted by atomic mass is 9.82. The van der Waals surface area contributed by atoms with Crippen LogP contribution in [0.1, 0.15) is 51.7 Å². The van der Waals surface area contributed by atoms with Crippen molar-refractivity contribution < 1.29 is 27.8 Å². The van der Waals surface area contributed by atoms with Crippen LogP contribution in [0.4, 0.5) is 8.78 Å². The highest BCUT2D eigenvalue weighted by atomic mass is 19.2. The number of amides is 2. The summed E-state index contributed by atoms with van der Waals surface area (Å²) in [5.41, 5.74) is 2.54. The number of hydrazone groups is 2. The van der Waals surface area contributed by atoms with Gasteiger partial charge in [0.25, 0.3) is 11.8 Å². The minimum absolute atomic E-state index is 0.0950. The zero-order chi connectivity index (χ0) is 29.5. The van der Waals surface area contributed by atoms with Crippen molar-refractivity contribution in [2.45, 2.75) is 40.5 Å². The molecule has 2 aliphatic rings. The molecule has 2 aromatic carbocycles. The number of methoxy groups -OCH3 is 1. The molecular weight excluding hydrogens is 532 g/mol. The number of aromatic nitrogens is 1. The Balaban J connectivity index is 1.23. The van der Waals surface area contributed by atoms with Gasteiger partial charge in [-0.15, -0.1) is 0 Å². The van der Waals surface area contributed by atoms with Crippen molar-refractivity contribution in [3.05, 3.63) is 65.4 Å². The molecule has 2 amide bonds. The van der Waals surface area contributed by atoms with Crippen LogP contribution >= 0.6 is 0 Å². The van der Waals surface area contributed by atoms with Crippen molar-refractivity contribution in [1.82, 2.24) is 15.4 Å². The summed E-state index contributed by atoms with van der Waals surface area (Å²) in [6.45, 7) is 7.31. The highest BCUT2D eigenvalue weighted by Crippen LogP contribution is 2.37. The summed E-state index contributed by atoms with van der Waals surface area (Å²) in [6, 6.07) is 10.1. The minimum atomic E-state index is -1.15. The fraction of sp³-hybridized carbons (Fsp3) is 0.367. The summed E-state index contributed by atoms with van der Waals surface area (Å²) in [5.74, 6) is -2.39. The Kier molecular flexibility index (Phi) is 7.23. The predicted octanol–water partition coefficient (Wildman–Crippen LogP) is 4.81. The molecule has 0 atom stereocenters. The number of fused-ring (bicyclic) bond motifs is 1. The smallest absolute Gasteiger partial charge is 0.254 e. The van der Waals surface area contributed by atoms with Crippen LogP contribution in [0.2, 0.25) is 0 Å². The number of pyridine rings is 1. The first-order chi connectivity index (χ1) is 19.5. The Morgan fingerprint density at radius 2 is 1.63 bits per heavy atom. The molecule has 0 fully saturated rings. The molecule has 214 valence electrons. The number of carbonyl (C=O) groups is 2. The second-order valence-electron chi connectivity index (χ2n) is 11.0. The molecule has 0 aliphatic carbocycles. The fourth-order valence-corrected chi connectivity index (χ4v) is 5.04. The van der Waals surface area contributed by atoms with Gasteiger partial charge in [-0.25, -0.2) is 14.8 Å². The van der Waals surface area contributed by atoms with Gasteiger partial charge >= 0.3 is 0 Å². The number of unbranched alkanes of at least 4 members (excludes halogenated alkanes) is 1. The summed E-state index contributed by atoms with van der Waals surface area (Å²) < 4.78 is 40.6. The highest BCUT2D eigenvalue weighted by Gasteiger charge is 2.44. The lowest BCUT2D eigenvalue weighted by molar-refractivity contribution is -0.135. The van der Waals surface area contributed by atoms with E-state index in [1.54, 1.807) is 27.2 Å². The average molecular weight is 564 g/mol. The monoisotopic (exact) mass is 563 g/mol. The van der Waals surface area contributed by atoms with Crippen LogP contribution in [0.5, 0.6) is 11.5 Å². The van der Waals surface area contributed by atoms with Gasteiger partial charge in [0.05, 0.1) is 36.0 Å². The van der Waals surface area contributed by atoms with E-state index in [-0.39, 0.29) is 29.5 Å². The van der Waals surface area contributed by atoms with Crippen LogP contribution in [-0.2, 0) is 9.59 Å². The Morgan fingerprint density at radius 1 is 0.902 bits per heavy atom. The Hall–Kier alpha value is -4.41. The van der Waals surface area contributed by atoms with Crippen LogP contribution in [0.15, 0.2) is 52.8 Å². The number of rotatable bonds is 9. The number of halogens is 2. The fourth-order valence-electron chi connectivity index (χ4n) is 5.04. The minimum Gasteiger partial charge on any atom is -0.494 e. The van der Waals surface area contributed by atoms with E-state index >= 15 is 0 Å². The van der Waals surface area contributed by atoms with Gasteiger partial charge in [-0.05, 0) is 70.9 Å². The second-order valence-corrected chi connectivity index (χ2v) is 11.0. The van der Waals surface area contributed by atoms with Gasteiger partial charge in [0, 0.05) is 29.3 Å². The summed E-state index contributed by atoms with van der Waals surface area (Å²) in [4.78, 5) is 29.7. The van der Waals surface area contributed by atoms with E-state index in [9.17, 15) is 18.4 Å². The number of carbonyl (C=O) groups excluding carboxylic acids is 2. The quantitative estimate of drug-likeness (QED) is 0.376. The third kappa shape index (κ3) is 4.79. The molecule has 0 bridgehead atoms. The molecule has 3 aromatic rings. The van der Waals surface area contributed by atoms with E-state index in [0.717, 1.165) is 10.9 Å². The van der Waals surface area contributed by atoms with E-state index in [1.165, 1.54) is 17.1 Å². The summed E-state index contributed by atoms with van der Waals surface area (Å²) in [6.07, 6.45) is 2.70. The van der Waals surface area contributed by atoms with Crippen LogP contribution in [0.3, 0.4) is 0 Å². The number of benzene rings is 2. The first kappa shape index (κ1) is 28.1. The normalized spacial score (nSPS) is 17.5. The van der Waals surface area contributed by atoms with Crippen LogP contribution in [-0.4, -0.2) is 53.5 Å². The van der Waals surface area contributed by atoms with Crippen molar-refractivity contribution in [2.75, 3.05) is 20.3 Å². The van der Waals surface area contributed by atoms with Gasteiger partial charge in [0.1, 0.15) is 11.3 Å². The van der Waals surface area contributed by atoms with Gasteiger partial charge in [-0.1, -0.05) is 6.07 Å². The summed E-state index contributed by atoms with van der Waals surface area (Å²) in [7, 11) is 1.59. The third-order valence-electron chi connectivity index (χ3n) is 7.54. The molecule has 1 aromatic heterocycles. The largest absolute Gasteiger partial charge is 0.494 e. The van der Waals surface area contributed by atoms with Crippen LogP contribution < -0.4 is 14.9 Å². The number of nitrogens with zero attached hydrogens (tertiary/aromatic N) is 4. The SMILES string of the molecule is COc1ccc(C2=NN(CCCCOc3ccc(C4=NNC(=O)C4(C)C)c(F)c3F)C(=O)C2(C)C)c2cccnc12. The Labute approximate surface area is 236 Å². The Bertz CT molecular complexity index is 1620. The second kappa shape index (κ2) is 10.5. The molecule has 2 aliphatic heterocycles. The highest BCUT2D eigenvalue weighted by molar-refractivity contribution is 6.23. The summed E-state index contributed by atoms with van der Waals surface area (Å²) in [5, 5.41) is 10.9. The van der Waals surface area contributed by atoms with Crippen molar-refractivity contribution in [1.29, 1.82) is 0 Å². The average Bonchev–Trinajstić information content (AvgIpc) is 3.35. The van der Waals surface area contributed by atoms with Crippen molar-refractivity contribution >= 4 is 34.1 Å². The van der Waals surface area contributed by atoms with Crippen molar-refractivity contribution in [3.8, 4) is 11.5 Å². The third-order valence-corrected chi connectivity index (χ3v) is 7.54. The van der Waals surface area contributed by atoms with Gasteiger partial charge in [0.15, 0.2) is 11.6 Å². The maximum absolute atomic E-state index is 14.9. The zero-order valence-electron chi connectivity index (χ0n) is 23.5. The molecular formula is C30H31F2N5O4. The molecule has 0 radical (unpaired) electrons. The number of ether oxygens (including phenoxy) is 2. The van der Waals surface area contributed by atoms with Crippen molar-refractivity contribution in [3.63, 3.8) is 0 Å². The molecule has 0 saturated carbocycles. The zero-order valence-corrected chi connectivity index (χ0v) is 23.5. The maximum atomic E-state index is 14.9. The van der Waals surface area contributed by atoms with Crippen LogP contribution in [0, 0.1) is 22.5 Å². The molecule has 1 N–H and O–H groups in total. The van der Waals surface area contributed by atoms with Gasteiger partial charge < -0.3 is 9.47 Å². The lowest BCUT2D eigenvalue weighted by Crippen LogP contribution is -2.35.